The third-order valence-corrected chi connectivity index (χ3v) is 3.30. The van der Waals surface area contributed by atoms with Gasteiger partial charge in [0, 0.05) is 36.9 Å². The van der Waals surface area contributed by atoms with E-state index >= 15 is 0 Å². The van der Waals surface area contributed by atoms with Crippen molar-refractivity contribution in [2.45, 2.75) is 0 Å². The van der Waals surface area contributed by atoms with Gasteiger partial charge in [0.05, 0.1) is 12.3 Å². The predicted octanol–water partition coefficient (Wildman–Crippen LogP) is 2.05. The van der Waals surface area contributed by atoms with Crippen LogP contribution in [-0.4, -0.2) is 40.3 Å². The fourth-order valence-electron chi connectivity index (χ4n) is 2.23. The molecule has 0 radical (unpaired) electrons. The maximum Gasteiger partial charge on any atom is 0.137 e. The number of fused-ring (bicyclic) bond motifs is 1. The molecule has 0 aliphatic carbocycles. The van der Waals surface area contributed by atoms with Crippen LogP contribution in [0.5, 0.6) is 0 Å². The van der Waals surface area contributed by atoms with Crippen molar-refractivity contribution in [1.29, 1.82) is 0 Å². The second-order valence-corrected chi connectivity index (χ2v) is 4.62. The van der Waals surface area contributed by atoms with Gasteiger partial charge in [0.15, 0.2) is 0 Å². The Hall–Kier alpha value is -2.40. The monoisotopic (exact) mass is 268 g/mol. The zero-order valence-electron chi connectivity index (χ0n) is 11.2. The summed E-state index contributed by atoms with van der Waals surface area (Å²) in [5, 5.41) is 10.1. The van der Waals surface area contributed by atoms with E-state index in [-0.39, 0.29) is 6.61 Å². The van der Waals surface area contributed by atoms with Crippen LogP contribution < -0.4 is 4.90 Å². The molecule has 3 aromatic heterocycles. The Bertz CT molecular complexity index is 722. The lowest BCUT2D eigenvalue weighted by atomic mass is 10.1. The number of aliphatic hydroxyl groups excluding tert-OH is 1. The number of aromatic amines is 1. The average molecular weight is 268 g/mol. The van der Waals surface area contributed by atoms with E-state index in [4.69, 9.17) is 5.11 Å². The van der Waals surface area contributed by atoms with Crippen molar-refractivity contribution < 1.29 is 5.11 Å². The van der Waals surface area contributed by atoms with Gasteiger partial charge in [0.1, 0.15) is 11.5 Å². The van der Waals surface area contributed by atoms with Crippen LogP contribution in [0, 0.1) is 0 Å². The summed E-state index contributed by atoms with van der Waals surface area (Å²) in [6, 6.07) is 9.87. The van der Waals surface area contributed by atoms with Crippen LogP contribution in [-0.2, 0) is 0 Å². The van der Waals surface area contributed by atoms with Gasteiger partial charge in [0.2, 0.25) is 0 Å². The smallest absolute Gasteiger partial charge is 0.137 e. The average Bonchev–Trinajstić information content (AvgIpc) is 2.96. The zero-order valence-corrected chi connectivity index (χ0v) is 11.2. The van der Waals surface area contributed by atoms with Gasteiger partial charge in [-0.05, 0) is 24.3 Å². The number of aliphatic hydroxyl groups is 1. The summed E-state index contributed by atoms with van der Waals surface area (Å²) < 4.78 is 0. The van der Waals surface area contributed by atoms with Gasteiger partial charge < -0.3 is 15.0 Å². The maximum absolute atomic E-state index is 9.02. The highest BCUT2D eigenvalue weighted by atomic mass is 16.3. The highest BCUT2D eigenvalue weighted by Gasteiger charge is 2.08. The Morgan fingerprint density at radius 3 is 3.00 bits per heavy atom. The minimum Gasteiger partial charge on any atom is -0.395 e. The first-order chi connectivity index (χ1) is 9.79. The summed E-state index contributed by atoms with van der Waals surface area (Å²) >= 11 is 0. The summed E-state index contributed by atoms with van der Waals surface area (Å²) in [4.78, 5) is 14.0. The number of anilines is 1. The van der Waals surface area contributed by atoms with Gasteiger partial charge in [0.25, 0.3) is 0 Å². The highest BCUT2D eigenvalue weighted by molar-refractivity contribution is 5.91. The van der Waals surface area contributed by atoms with Gasteiger partial charge >= 0.3 is 0 Å². The fraction of sp³-hybridized carbons (Fsp3) is 0.200. The number of hydrogen-bond acceptors (Lipinski definition) is 4. The molecule has 102 valence electrons. The van der Waals surface area contributed by atoms with Crippen molar-refractivity contribution >= 4 is 16.9 Å². The van der Waals surface area contributed by atoms with Crippen LogP contribution in [0.3, 0.4) is 0 Å². The number of nitrogens with one attached hydrogen (secondary N) is 1. The molecule has 0 aliphatic heterocycles. The van der Waals surface area contributed by atoms with Crippen molar-refractivity contribution in [3.63, 3.8) is 0 Å². The predicted molar refractivity (Wildman–Crippen MR) is 79.7 cm³/mol. The van der Waals surface area contributed by atoms with Crippen LogP contribution in [0.1, 0.15) is 0 Å². The Morgan fingerprint density at radius 2 is 2.15 bits per heavy atom. The van der Waals surface area contributed by atoms with Gasteiger partial charge in [-0.15, -0.1) is 0 Å². The summed E-state index contributed by atoms with van der Waals surface area (Å²) in [6.07, 6.45) is 3.66. The van der Waals surface area contributed by atoms with E-state index in [1.807, 2.05) is 48.5 Å². The molecule has 0 amide bonds. The Morgan fingerprint density at radius 1 is 1.25 bits per heavy atom. The van der Waals surface area contributed by atoms with Gasteiger partial charge in [-0.3, -0.25) is 0 Å². The summed E-state index contributed by atoms with van der Waals surface area (Å²) in [5.41, 5.74) is 2.81. The van der Waals surface area contributed by atoms with Crippen LogP contribution in [0.2, 0.25) is 0 Å². The molecule has 0 aromatic carbocycles. The largest absolute Gasteiger partial charge is 0.395 e. The molecule has 0 aliphatic rings. The summed E-state index contributed by atoms with van der Waals surface area (Å²) in [6.45, 7) is 0.673. The normalized spacial score (nSPS) is 10.9. The molecule has 0 fully saturated rings. The molecule has 3 aromatic rings. The van der Waals surface area contributed by atoms with E-state index in [0.29, 0.717) is 6.54 Å². The molecular formula is C15H16N4O. The fourth-order valence-corrected chi connectivity index (χ4v) is 2.23. The van der Waals surface area contributed by atoms with Crippen LogP contribution >= 0.6 is 0 Å². The number of pyridine rings is 2. The number of rotatable bonds is 4. The molecule has 2 N–H and O–H groups in total. The summed E-state index contributed by atoms with van der Waals surface area (Å²) in [7, 11) is 1.92. The van der Waals surface area contributed by atoms with E-state index < -0.39 is 0 Å². The first-order valence-corrected chi connectivity index (χ1v) is 6.51. The van der Waals surface area contributed by atoms with Crippen molar-refractivity contribution in [2.75, 3.05) is 25.1 Å². The van der Waals surface area contributed by atoms with Crippen LogP contribution in [0.4, 0.5) is 5.82 Å². The molecular weight excluding hydrogens is 252 g/mol. The molecule has 5 heteroatoms. The number of nitrogens with zero attached hydrogens (tertiary/aromatic N) is 3. The molecule has 3 heterocycles. The number of hydrogen-bond donors (Lipinski definition) is 2. The van der Waals surface area contributed by atoms with E-state index in [9.17, 15) is 0 Å². The van der Waals surface area contributed by atoms with Crippen molar-refractivity contribution in [3.8, 4) is 11.3 Å². The van der Waals surface area contributed by atoms with Crippen molar-refractivity contribution in [2.24, 2.45) is 0 Å². The van der Waals surface area contributed by atoms with E-state index in [1.165, 1.54) is 0 Å². The molecule has 0 saturated heterocycles. The summed E-state index contributed by atoms with van der Waals surface area (Å²) in [5.74, 6) is 0.844. The molecule has 0 saturated carbocycles. The molecule has 20 heavy (non-hydrogen) atoms. The lowest BCUT2D eigenvalue weighted by molar-refractivity contribution is 0.304. The Balaban J connectivity index is 2.06. The minimum atomic E-state index is 0.111. The van der Waals surface area contributed by atoms with Gasteiger partial charge in [-0.2, -0.15) is 0 Å². The van der Waals surface area contributed by atoms with Crippen molar-refractivity contribution in [3.05, 3.63) is 42.7 Å². The quantitative estimate of drug-likeness (QED) is 0.760. The molecule has 3 rings (SSSR count). The maximum atomic E-state index is 9.02. The lowest BCUT2D eigenvalue weighted by Crippen LogP contribution is -2.22. The molecule has 0 unspecified atom stereocenters. The Labute approximate surface area is 116 Å². The van der Waals surface area contributed by atoms with E-state index in [0.717, 1.165) is 28.1 Å². The van der Waals surface area contributed by atoms with Crippen LogP contribution in [0.25, 0.3) is 22.3 Å². The molecule has 0 spiro atoms. The first kappa shape index (κ1) is 12.6. The standard InChI is InChI=1S/C15H16N4O/c1-19(9-10-20)14-4-2-3-13(18-14)11-5-7-16-15-12(11)6-8-17-15/h2-8,20H,9-10H2,1H3,(H,16,17). The second kappa shape index (κ2) is 5.30. The molecule has 0 atom stereocenters. The molecule has 0 bridgehead atoms. The third kappa shape index (κ3) is 2.23. The number of H-pyrrole nitrogens is 1. The first-order valence-electron chi connectivity index (χ1n) is 6.51. The zero-order chi connectivity index (χ0) is 13.9. The lowest BCUT2D eigenvalue weighted by Gasteiger charge is -2.17. The van der Waals surface area contributed by atoms with Crippen molar-refractivity contribution in [1.82, 2.24) is 15.0 Å². The van der Waals surface area contributed by atoms with E-state index in [1.54, 1.807) is 6.20 Å². The topological polar surface area (TPSA) is 65.0 Å². The Kier molecular flexibility index (Phi) is 3.35. The highest BCUT2D eigenvalue weighted by Crippen LogP contribution is 2.26. The third-order valence-electron chi connectivity index (χ3n) is 3.30. The van der Waals surface area contributed by atoms with Gasteiger partial charge in [-0.1, -0.05) is 6.07 Å². The molecule has 5 nitrogen and oxygen atoms in total. The number of aromatic nitrogens is 3. The number of likely N-dealkylation sites (N-methyl/N-ethyl adjacent to an activating group) is 1. The van der Waals surface area contributed by atoms with Gasteiger partial charge in [-0.25, -0.2) is 9.97 Å². The SMILES string of the molecule is CN(CCO)c1cccc(-c2ccnc3[nH]ccc23)n1. The minimum absolute atomic E-state index is 0.111. The van der Waals surface area contributed by atoms with E-state index in [2.05, 4.69) is 15.0 Å². The van der Waals surface area contributed by atoms with Crippen LogP contribution in [0.15, 0.2) is 42.7 Å². The second-order valence-electron chi connectivity index (χ2n) is 4.62.